The molecular formula is C20H38NO2+. The number of esters is 1. The largest absolute Gasteiger partial charge is 0.459 e. The molecule has 0 spiro atoms. The van der Waals surface area contributed by atoms with E-state index in [2.05, 4.69) is 21.0 Å². The van der Waals surface area contributed by atoms with Crippen molar-refractivity contribution in [2.24, 2.45) is 17.8 Å². The summed E-state index contributed by atoms with van der Waals surface area (Å²) >= 11 is 0. The molecule has 0 saturated heterocycles. The van der Waals surface area contributed by atoms with Crippen molar-refractivity contribution in [1.29, 1.82) is 0 Å². The monoisotopic (exact) mass is 324 g/mol. The summed E-state index contributed by atoms with van der Waals surface area (Å²) in [6.45, 7) is 4.76. The van der Waals surface area contributed by atoms with Crippen LogP contribution in [-0.2, 0) is 9.53 Å². The number of hydrogen-bond donors (Lipinski definition) is 0. The summed E-state index contributed by atoms with van der Waals surface area (Å²) in [5.74, 6) is 1.49. The lowest BCUT2D eigenvalue weighted by atomic mass is 9.69. The summed E-state index contributed by atoms with van der Waals surface area (Å²) in [7, 11) is 4.40. The Hall–Kier alpha value is -0.570. The number of quaternary nitrogens is 1. The summed E-state index contributed by atoms with van der Waals surface area (Å²) in [6, 6.07) is 0. The smallest absolute Gasteiger partial charge is 0.309 e. The Morgan fingerprint density at radius 1 is 0.957 bits per heavy atom. The minimum Gasteiger partial charge on any atom is -0.459 e. The summed E-state index contributed by atoms with van der Waals surface area (Å²) in [6.07, 6.45) is 12.9. The molecule has 2 aliphatic rings. The Bertz CT molecular complexity index is 337. The fourth-order valence-electron chi connectivity index (χ4n) is 4.40. The molecule has 2 saturated carbocycles. The van der Waals surface area contributed by atoms with Crippen LogP contribution in [0.15, 0.2) is 0 Å². The molecule has 3 heteroatoms. The summed E-state index contributed by atoms with van der Waals surface area (Å²) < 4.78 is 6.72. The topological polar surface area (TPSA) is 26.3 Å². The minimum absolute atomic E-state index is 0.125. The molecule has 2 aliphatic carbocycles. The molecule has 0 amide bonds. The molecule has 0 radical (unpaired) electrons. The van der Waals surface area contributed by atoms with Crippen LogP contribution in [0.1, 0.15) is 71.1 Å². The van der Waals surface area contributed by atoms with Gasteiger partial charge in [-0.2, -0.15) is 0 Å². The molecule has 23 heavy (non-hydrogen) atoms. The van der Waals surface area contributed by atoms with E-state index < -0.39 is 0 Å². The van der Waals surface area contributed by atoms with Crippen molar-refractivity contribution in [3.63, 3.8) is 0 Å². The zero-order chi connectivity index (χ0) is 16.7. The molecule has 134 valence electrons. The van der Waals surface area contributed by atoms with Crippen LogP contribution in [0.5, 0.6) is 0 Å². The average Bonchev–Trinajstić information content (AvgIpc) is 2.57. The first-order valence-corrected chi connectivity index (χ1v) is 10.0. The van der Waals surface area contributed by atoms with Crippen LogP contribution < -0.4 is 0 Å². The van der Waals surface area contributed by atoms with Gasteiger partial charge in [-0.1, -0.05) is 38.5 Å². The summed E-state index contributed by atoms with van der Waals surface area (Å²) in [5, 5.41) is 0. The number of carbonyl (C=O) groups is 1. The molecule has 0 atom stereocenters. The molecule has 0 bridgehead atoms. The molecule has 2 fully saturated rings. The van der Waals surface area contributed by atoms with Crippen molar-refractivity contribution < 1.29 is 14.0 Å². The number of nitrogens with zero attached hydrogens (tertiary/aromatic N) is 1. The maximum atomic E-state index is 12.9. The van der Waals surface area contributed by atoms with Crippen molar-refractivity contribution >= 4 is 5.97 Å². The van der Waals surface area contributed by atoms with E-state index in [1.807, 2.05) is 0 Å². The number of likely N-dealkylation sites (N-methyl/N-ethyl adjacent to an activating group) is 1. The molecule has 0 unspecified atom stereocenters. The first kappa shape index (κ1) is 18.8. The predicted octanol–water partition coefficient (Wildman–Crippen LogP) is 4.40. The van der Waals surface area contributed by atoms with Crippen molar-refractivity contribution in [3.05, 3.63) is 0 Å². The highest BCUT2D eigenvalue weighted by Gasteiger charge is 2.37. The maximum Gasteiger partial charge on any atom is 0.309 e. The van der Waals surface area contributed by atoms with E-state index in [4.69, 9.17) is 4.74 Å². The van der Waals surface area contributed by atoms with Gasteiger partial charge in [0, 0.05) is 0 Å². The zero-order valence-corrected chi connectivity index (χ0v) is 15.7. The van der Waals surface area contributed by atoms with Gasteiger partial charge in [-0.05, 0) is 44.4 Å². The van der Waals surface area contributed by atoms with Gasteiger partial charge in [0.05, 0.1) is 26.6 Å². The Balaban J connectivity index is 1.93. The highest BCUT2D eigenvalue weighted by molar-refractivity contribution is 5.73. The molecule has 3 nitrogen and oxygen atoms in total. The van der Waals surface area contributed by atoms with Gasteiger partial charge in [0.25, 0.3) is 0 Å². The van der Waals surface area contributed by atoms with Crippen LogP contribution in [-0.4, -0.2) is 44.2 Å². The van der Waals surface area contributed by atoms with Gasteiger partial charge in [0.1, 0.15) is 13.2 Å². The maximum absolute atomic E-state index is 12.9. The van der Waals surface area contributed by atoms with E-state index in [0.29, 0.717) is 18.4 Å². The minimum atomic E-state index is 0.125. The second-order valence-electron chi connectivity index (χ2n) is 8.47. The fraction of sp³-hybridized carbons (Fsp3) is 0.950. The molecule has 0 aliphatic heterocycles. The highest BCUT2D eigenvalue weighted by atomic mass is 16.5. The lowest BCUT2D eigenvalue weighted by molar-refractivity contribution is -0.888. The number of hydrogen-bond acceptors (Lipinski definition) is 2. The van der Waals surface area contributed by atoms with E-state index in [1.54, 1.807) is 0 Å². The van der Waals surface area contributed by atoms with Crippen molar-refractivity contribution in [3.8, 4) is 0 Å². The summed E-state index contributed by atoms with van der Waals surface area (Å²) in [4.78, 5) is 12.9. The molecular weight excluding hydrogens is 286 g/mol. The van der Waals surface area contributed by atoms with Crippen LogP contribution >= 0.6 is 0 Å². The van der Waals surface area contributed by atoms with Crippen LogP contribution in [0, 0.1) is 17.8 Å². The Morgan fingerprint density at radius 2 is 1.43 bits per heavy atom. The van der Waals surface area contributed by atoms with Gasteiger partial charge in [-0.15, -0.1) is 0 Å². The highest BCUT2D eigenvalue weighted by Crippen LogP contribution is 2.40. The molecule has 0 aromatic rings. The van der Waals surface area contributed by atoms with E-state index in [-0.39, 0.29) is 11.9 Å². The molecule has 0 heterocycles. The number of carbonyl (C=O) groups excluding carboxylic acids is 1. The van der Waals surface area contributed by atoms with E-state index in [9.17, 15) is 4.79 Å². The van der Waals surface area contributed by atoms with Crippen LogP contribution in [0.3, 0.4) is 0 Å². The molecule has 0 aromatic carbocycles. The molecule has 0 N–H and O–H groups in total. The first-order valence-electron chi connectivity index (χ1n) is 10.0. The fourth-order valence-corrected chi connectivity index (χ4v) is 4.40. The molecule has 2 rings (SSSR count). The van der Waals surface area contributed by atoms with Gasteiger partial charge in [-0.3, -0.25) is 4.79 Å². The van der Waals surface area contributed by atoms with Gasteiger partial charge >= 0.3 is 5.97 Å². The van der Waals surface area contributed by atoms with Gasteiger partial charge in [0.2, 0.25) is 0 Å². The third-order valence-corrected chi connectivity index (χ3v) is 6.38. The van der Waals surface area contributed by atoms with E-state index in [0.717, 1.165) is 17.6 Å². The summed E-state index contributed by atoms with van der Waals surface area (Å²) in [5.41, 5.74) is 0. The average molecular weight is 325 g/mol. The number of rotatable bonds is 7. The number of ether oxygens (including phenoxy) is 1. The zero-order valence-electron chi connectivity index (χ0n) is 15.7. The van der Waals surface area contributed by atoms with E-state index >= 15 is 0 Å². The third kappa shape index (κ3) is 5.77. The van der Waals surface area contributed by atoms with Crippen LogP contribution in [0.2, 0.25) is 0 Å². The second-order valence-corrected chi connectivity index (χ2v) is 8.47. The predicted molar refractivity (Wildman–Crippen MR) is 95.1 cm³/mol. The SMILES string of the molecule is CC[N+](C)(C)CCOC(=O)C(C1CCCCC1)C1CCCCC1. The Labute approximate surface area is 143 Å². The van der Waals surface area contributed by atoms with Crippen LogP contribution in [0.25, 0.3) is 0 Å². The standard InChI is InChI=1S/C20H38NO2/c1-4-21(2,3)15-16-23-20(22)19(17-11-7-5-8-12-17)18-13-9-6-10-14-18/h17-19H,4-16H2,1-3H3/q+1. The van der Waals surface area contributed by atoms with Gasteiger partial charge < -0.3 is 9.22 Å². The van der Waals surface area contributed by atoms with Crippen molar-refractivity contribution in [1.82, 2.24) is 0 Å². The van der Waals surface area contributed by atoms with Crippen molar-refractivity contribution in [2.45, 2.75) is 71.1 Å². The second kappa shape index (κ2) is 9.05. The normalized spacial score (nSPS) is 21.6. The van der Waals surface area contributed by atoms with Gasteiger partial charge in [-0.25, -0.2) is 0 Å². The first-order chi connectivity index (χ1) is 11.0. The van der Waals surface area contributed by atoms with Crippen LogP contribution in [0.4, 0.5) is 0 Å². The quantitative estimate of drug-likeness (QED) is 0.512. The van der Waals surface area contributed by atoms with Crippen molar-refractivity contribution in [2.75, 3.05) is 33.8 Å². The molecule has 0 aromatic heterocycles. The lowest BCUT2D eigenvalue weighted by Crippen LogP contribution is -2.43. The Morgan fingerprint density at radius 3 is 1.87 bits per heavy atom. The third-order valence-electron chi connectivity index (χ3n) is 6.38. The van der Waals surface area contributed by atoms with Gasteiger partial charge in [0.15, 0.2) is 0 Å². The lowest BCUT2D eigenvalue weighted by Gasteiger charge is -2.36. The Kier molecular flexibility index (Phi) is 7.39. The van der Waals surface area contributed by atoms with E-state index in [1.165, 1.54) is 64.2 Å².